The van der Waals surface area contributed by atoms with Gasteiger partial charge in [0.2, 0.25) is 5.91 Å². The van der Waals surface area contributed by atoms with E-state index in [1.54, 1.807) is 25.5 Å². The highest BCUT2D eigenvalue weighted by molar-refractivity contribution is 6.05. The average Bonchev–Trinajstić information content (AvgIpc) is 3.23. The summed E-state index contributed by atoms with van der Waals surface area (Å²) in [6, 6.07) is 17.5. The van der Waals surface area contributed by atoms with Gasteiger partial charge in [-0.2, -0.15) is 0 Å². The number of hydrogen-bond donors (Lipinski definition) is 1. The van der Waals surface area contributed by atoms with Crippen molar-refractivity contribution in [2.45, 2.75) is 13.8 Å². The molecule has 0 aliphatic rings. The van der Waals surface area contributed by atoms with Crippen molar-refractivity contribution in [3.8, 4) is 22.6 Å². The van der Waals surface area contributed by atoms with Crippen LogP contribution in [-0.2, 0) is 4.79 Å². The lowest BCUT2D eigenvalue weighted by Crippen LogP contribution is -2.10. The third-order valence-electron chi connectivity index (χ3n) is 5.28. The molecule has 0 fully saturated rings. The summed E-state index contributed by atoms with van der Waals surface area (Å²) in [7, 11) is 1.63. The molecule has 0 aliphatic carbocycles. The number of hydrogen-bond acceptors (Lipinski definition) is 4. The summed E-state index contributed by atoms with van der Waals surface area (Å²) >= 11 is 0. The van der Waals surface area contributed by atoms with Gasteiger partial charge in [0.25, 0.3) is 0 Å². The Morgan fingerprint density at radius 2 is 1.88 bits per heavy atom. The molecule has 1 N–H and O–H groups in total. The molecule has 6 heteroatoms. The molecule has 0 unspecified atom stereocenters. The average molecular weight is 445 g/mol. The van der Waals surface area contributed by atoms with Crippen LogP contribution in [0.5, 0.6) is 11.5 Å². The summed E-state index contributed by atoms with van der Waals surface area (Å²) in [5, 5.41) is 3.47. The Morgan fingerprint density at radius 1 is 1.12 bits per heavy atom. The van der Waals surface area contributed by atoms with Crippen molar-refractivity contribution < 1.29 is 23.1 Å². The second kappa shape index (κ2) is 9.61. The lowest BCUT2D eigenvalue weighted by Gasteiger charge is -2.12. The molecule has 0 radical (unpaired) electrons. The van der Waals surface area contributed by atoms with E-state index in [-0.39, 0.29) is 5.69 Å². The quantitative estimate of drug-likeness (QED) is 0.322. The van der Waals surface area contributed by atoms with Gasteiger partial charge in [-0.15, -0.1) is 0 Å². The molecule has 0 saturated heterocycles. The van der Waals surface area contributed by atoms with Crippen LogP contribution in [0, 0.1) is 5.82 Å². The van der Waals surface area contributed by atoms with Gasteiger partial charge in [0.1, 0.15) is 22.9 Å². The van der Waals surface area contributed by atoms with Crippen molar-refractivity contribution in [2.24, 2.45) is 0 Å². The molecule has 0 saturated carbocycles. The van der Waals surface area contributed by atoms with Gasteiger partial charge in [-0.25, -0.2) is 4.39 Å². The molecule has 0 atom stereocenters. The van der Waals surface area contributed by atoms with E-state index in [4.69, 9.17) is 13.9 Å². The summed E-state index contributed by atoms with van der Waals surface area (Å²) in [6.07, 6.45) is 3.14. The molecular weight excluding hydrogens is 421 g/mol. The fourth-order valence-corrected chi connectivity index (χ4v) is 3.64. The summed E-state index contributed by atoms with van der Waals surface area (Å²) in [4.78, 5) is 12.6. The maximum Gasteiger partial charge on any atom is 0.248 e. The van der Waals surface area contributed by atoms with E-state index >= 15 is 0 Å². The molecule has 1 aromatic heterocycles. The number of halogens is 1. The highest BCUT2D eigenvalue weighted by Crippen LogP contribution is 2.38. The van der Waals surface area contributed by atoms with E-state index in [0.717, 1.165) is 27.8 Å². The van der Waals surface area contributed by atoms with Crippen LogP contribution in [0.3, 0.4) is 0 Å². The Kier molecular flexibility index (Phi) is 6.45. The van der Waals surface area contributed by atoms with Crippen LogP contribution < -0.4 is 14.8 Å². The van der Waals surface area contributed by atoms with Gasteiger partial charge < -0.3 is 19.2 Å². The number of benzene rings is 3. The van der Waals surface area contributed by atoms with E-state index in [9.17, 15) is 9.18 Å². The topological polar surface area (TPSA) is 60.7 Å². The number of fused-ring (bicyclic) bond motifs is 1. The van der Waals surface area contributed by atoms with Gasteiger partial charge in [-0.1, -0.05) is 24.3 Å². The molecule has 1 amide bonds. The zero-order valence-electron chi connectivity index (χ0n) is 18.6. The third-order valence-corrected chi connectivity index (χ3v) is 5.28. The molecule has 1 heterocycles. The van der Waals surface area contributed by atoms with Crippen molar-refractivity contribution in [1.82, 2.24) is 0 Å². The first-order valence-electron chi connectivity index (χ1n) is 10.6. The Balaban J connectivity index is 1.72. The zero-order chi connectivity index (χ0) is 23.4. The number of para-hydroxylation sites is 1. The van der Waals surface area contributed by atoms with Crippen molar-refractivity contribution >= 4 is 28.1 Å². The second-order valence-electron chi connectivity index (χ2n) is 7.45. The summed E-state index contributed by atoms with van der Waals surface area (Å²) < 4.78 is 30.8. The highest BCUT2D eigenvalue weighted by atomic mass is 19.1. The fourth-order valence-electron chi connectivity index (χ4n) is 3.64. The number of carbonyl (C=O) groups is 1. The number of rotatable bonds is 7. The SMILES string of the molecule is CCOc1cc2occ(-c3ccc(OC)cc3)c2cc1/C(C)=C/C(=O)Nc1ccccc1F. The molecule has 0 spiro atoms. The first-order valence-corrected chi connectivity index (χ1v) is 10.6. The van der Waals surface area contributed by atoms with Gasteiger partial charge in [0.05, 0.1) is 25.7 Å². The van der Waals surface area contributed by atoms with Crippen LogP contribution in [0.25, 0.3) is 27.7 Å². The van der Waals surface area contributed by atoms with Gasteiger partial charge in [0.15, 0.2) is 0 Å². The number of methoxy groups -OCH3 is 1. The van der Waals surface area contributed by atoms with Crippen LogP contribution in [0.1, 0.15) is 19.4 Å². The lowest BCUT2D eigenvalue weighted by atomic mass is 9.99. The largest absolute Gasteiger partial charge is 0.497 e. The van der Waals surface area contributed by atoms with Crippen molar-refractivity contribution in [2.75, 3.05) is 19.0 Å². The Bertz CT molecular complexity index is 1320. The van der Waals surface area contributed by atoms with Crippen LogP contribution in [0.15, 0.2) is 77.4 Å². The standard InChI is InChI=1S/C27H24FNO4/c1-4-32-25-15-26-21(22(16-33-26)18-9-11-19(31-3)12-10-18)14-20(25)17(2)13-27(30)29-24-8-6-5-7-23(24)28/h5-16H,4H2,1-3H3,(H,29,30)/b17-13+. The molecule has 4 aromatic rings. The first-order chi connectivity index (χ1) is 16.0. The lowest BCUT2D eigenvalue weighted by molar-refractivity contribution is -0.111. The number of furan rings is 1. The smallest absolute Gasteiger partial charge is 0.248 e. The summed E-state index contributed by atoms with van der Waals surface area (Å²) in [5.41, 5.74) is 4.13. The number of nitrogens with one attached hydrogen (secondary N) is 1. The van der Waals surface area contributed by atoms with E-state index in [1.807, 2.05) is 50.2 Å². The molecule has 4 rings (SSSR count). The number of ether oxygens (including phenoxy) is 2. The second-order valence-corrected chi connectivity index (χ2v) is 7.45. The number of anilines is 1. The van der Waals surface area contributed by atoms with Gasteiger partial charge >= 0.3 is 0 Å². The van der Waals surface area contributed by atoms with E-state index in [1.165, 1.54) is 18.2 Å². The molecule has 3 aromatic carbocycles. The summed E-state index contributed by atoms with van der Waals surface area (Å²) in [5.74, 6) is 0.456. The first kappa shape index (κ1) is 22.1. The highest BCUT2D eigenvalue weighted by Gasteiger charge is 2.16. The maximum atomic E-state index is 13.9. The predicted octanol–water partition coefficient (Wildman–Crippen LogP) is 6.69. The minimum atomic E-state index is -0.490. The van der Waals surface area contributed by atoms with Gasteiger partial charge in [-0.05, 0) is 55.3 Å². The molecule has 5 nitrogen and oxygen atoms in total. The molecule has 0 aliphatic heterocycles. The van der Waals surface area contributed by atoms with Gasteiger partial charge in [0, 0.05) is 28.7 Å². The zero-order valence-corrected chi connectivity index (χ0v) is 18.6. The monoisotopic (exact) mass is 445 g/mol. The fraction of sp³-hybridized carbons (Fsp3) is 0.148. The Hall–Kier alpha value is -4.06. The maximum absolute atomic E-state index is 13.9. The summed E-state index contributed by atoms with van der Waals surface area (Å²) in [6.45, 7) is 4.17. The molecular formula is C27H24FNO4. The third kappa shape index (κ3) is 4.75. The van der Waals surface area contributed by atoms with Gasteiger partial charge in [-0.3, -0.25) is 4.79 Å². The number of amides is 1. The van der Waals surface area contributed by atoms with Crippen LogP contribution in [0.4, 0.5) is 10.1 Å². The van der Waals surface area contributed by atoms with Crippen LogP contribution in [-0.4, -0.2) is 19.6 Å². The molecule has 33 heavy (non-hydrogen) atoms. The van der Waals surface area contributed by atoms with E-state index in [0.29, 0.717) is 23.5 Å². The van der Waals surface area contributed by atoms with E-state index < -0.39 is 11.7 Å². The van der Waals surface area contributed by atoms with Crippen molar-refractivity contribution in [3.05, 3.63) is 84.4 Å². The minimum absolute atomic E-state index is 0.128. The Labute approximate surface area is 191 Å². The molecule has 0 bridgehead atoms. The number of carbonyl (C=O) groups excluding carboxylic acids is 1. The van der Waals surface area contributed by atoms with Crippen molar-refractivity contribution in [3.63, 3.8) is 0 Å². The molecule has 168 valence electrons. The predicted molar refractivity (Wildman–Crippen MR) is 128 cm³/mol. The van der Waals surface area contributed by atoms with Crippen LogP contribution >= 0.6 is 0 Å². The van der Waals surface area contributed by atoms with Crippen LogP contribution in [0.2, 0.25) is 0 Å². The van der Waals surface area contributed by atoms with E-state index in [2.05, 4.69) is 5.32 Å². The minimum Gasteiger partial charge on any atom is -0.497 e. The van der Waals surface area contributed by atoms with Crippen molar-refractivity contribution in [1.29, 1.82) is 0 Å². The normalized spacial score (nSPS) is 11.5. The number of allylic oxidation sites excluding steroid dienone is 1. The Morgan fingerprint density at radius 3 is 2.58 bits per heavy atom.